The van der Waals surface area contributed by atoms with Crippen molar-refractivity contribution in [1.29, 1.82) is 0 Å². The van der Waals surface area contributed by atoms with Crippen LogP contribution < -0.4 is 16.2 Å². The van der Waals surface area contributed by atoms with E-state index in [0.717, 1.165) is 10.2 Å². The molecule has 0 saturated heterocycles. The minimum atomic E-state index is -0.352. The van der Waals surface area contributed by atoms with Crippen LogP contribution in [0.25, 0.3) is 0 Å². The van der Waals surface area contributed by atoms with Gasteiger partial charge in [-0.2, -0.15) is 0 Å². The molecule has 0 heterocycles. The number of hydrogen-bond acceptors (Lipinski definition) is 3. The molecular weight excluding hydrogens is 354 g/mol. The van der Waals surface area contributed by atoms with Crippen molar-refractivity contribution < 1.29 is 9.90 Å². The van der Waals surface area contributed by atoms with Crippen LogP contribution in [0.4, 0.5) is 5.69 Å². The molecule has 0 unspecified atom stereocenters. The van der Waals surface area contributed by atoms with E-state index in [0.29, 0.717) is 5.56 Å². The predicted octanol–water partition coefficient (Wildman–Crippen LogP) is 2.79. The fraction of sp³-hybridized carbons (Fsp3) is 0. The van der Waals surface area contributed by atoms with E-state index in [1.165, 1.54) is 24.3 Å². The number of carbonyl (C=O) groups excluding carboxylic acids is 1. The molecule has 0 fully saturated rings. The number of amides is 1. The van der Waals surface area contributed by atoms with Gasteiger partial charge in [-0.25, -0.2) is 0 Å². The number of rotatable bonds is 2. The van der Waals surface area contributed by atoms with Crippen LogP contribution >= 0.6 is 28.1 Å². The van der Waals surface area contributed by atoms with E-state index >= 15 is 0 Å². The van der Waals surface area contributed by atoms with Gasteiger partial charge in [0.25, 0.3) is 5.91 Å². The lowest BCUT2D eigenvalue weighted by atomic mass is 10.2. The lowest BCUT2D eigenvalue weighted by molar-refractivity contribution is 0.0944. The second-order valence-corrected chi connectivity index (χ2v) is 5.41. The minimum absolute atomic E-state index is 0.104. The number of carbonyl (C=O) groups is 1. The summed E-state index contributed by atoms with van der Waals surface area (Å²) in [6.45, 7) is 0. The summed E-state index contributed by atoms with van der Waals surface area (Å²) < 4.78 is 0.965. The van der Waals surface area contributed by atoms with E-state index in [2.05, 4.69) is 32.1 Å². The molecule has 0 atom stereocenters. The van der Waals surface area contributed by atoms with Gasteiger partial charge in [0.15, 0.2) is 5.11 Å². The highest BCUT2D eigenvalue weighted by Gasteiger charge is 2.05. The van der Waals surface area contributed by atoms with Crippen molar-refractivity contribution in [2.45, 2.75) is 0 Å². The molecule has 0 aliphatic rings. The van der Waals surface area contributed by atoms with E-state index in [-0.39, 0.29) is 16.8 Å². The second-order valence-electron chi connectivity index (χ2n) is 4.09. The lowest BCUT2D eigenvalue weighted by Crippen LogP contribution is -2.43. The first kappa shape index (κ1) is 15.3. The number of phenols is 1. The standard InChI is InChI=1S/C14H12BrN3O2S/c15-10-3-5-11(6-4-10)16-14(21)18-17-13(20)9-1-7-12(19)8-2-9/h1-8,19H,(H,17,20)(H2,16,18,21). The molecule has 4 N–H and O–H groups in total. The second kappa shape index (κ2) is 7.05. The number of anilines is 1. The first-order chi connectivity index (χ1) is 10.0. The SMILES string of the molecule is O=C(NNC(=S)Nc1ccc(Br)cc1)c1ccc(O)cc1. The highest BCUT2D eigenvalue weighted by Crippen LogP contribution is 2.13. The van der Waals surface area contributed by atoms with Crippen molar-refractivity contribution in [3.05, 3.63) is 58.6 Å². The highest BCUT2D eigenvalue weighted by atomic mass is 79.9. The van der Waals surface area contributed by atoms with Gasteiger partial charge in [-0.3, -0.25) is 15.6 Å². The molecule has 0 aliphatic carbocycles. The topological polar surface area (TPSA) is 73.4 Å². The summed E-state index contributed by atoms with van der Waals surface area (Å²) >= 11 is 8.41. The van der Waals surface area contributed by atoms with Crippen molar-refractivity contribution in [2.75, 3.05) is 5.32 Å². The van der Waals surface area contributed by atoms with Gasteiger partial charge in [-0.15, -0.1) is 0 Å². The summed E-state index contributed by atoms with van der Waals surface area (Å²) in [6.07, 6.45) is 0. The molecule has 0 aliphatic heterocycles. The Hall–Kier alpha value is -2.12. The Labute approximate surface area is 135 Å². The van der Waals surface area contributed by atoms with Crippen LogP contribution in [0.5, 0.6) is 5.75 Å². The monoisotopic (exact) mass is 365 g/mol. The first-order valence-corrected chi connectivity index (χ1v) is 7.16. The van der Waals surface area contributed by atoms with Crippen LogP contribution in [0.2, 0.25) is 0 Å². The summed E-state index contributed by atoms with van der Waals surface area (Å²) in [4.78, 5) is 11.8. The van der Waals surface area contributed by atoms with Crippen LogP contribution in [-0.2, 0) is 0 Å². The van der Waals surface area contributed by atoms with Crippen LogP contribution in [0, 0.1) is 0 Å². The number of halogens is 1. The van der Waals surface area contributed by atoms with Crippen LogP contribution in [0.15, 0.2) is 53.0 Å². The Balaban J connectivity index is 1.84. The molecule has 7 heteroatoms. The molecule has 2 aromatic rings. The molecule has 5 nitrogen and oxygen atoms in total. The summed E-state index contributed by atoms with van der Waals surface area (Å²) in [5, 5.41) is 12.4. The summed E-state index contributed by atoms with van der Waals surface area (Å²) in [6, 6.07) is 13.3. The molecule has 2 rings (SSSR count). The predicted molar refractivity (Wildman–Crippen MR) is 89.1 cm³/mol. The smallest absolute Gasteiger partial charge is 0.269 e. The number of thiocarbonyl (C=S) groups is 1. The van der Waals surface area contributed by atoms with E-state index in [1.807, 2.05) is 24.3 Å². The molecule has 0 radical (unpaired) electrons. The van der Waals surface area contributed by atoms with E-state index in [9.17, 15) is 4.79 Å². The van der Waals surface area contributed by atoms with Crippen LogP contribution in [0.3, 0.4) is 0 Å². The molecule has 108 valence electrons. The zero-order chi connectivity index (χ0) is 15.2. The van der Waals surface area contributed by atoms with Crippen molar-refractivity contribution in [3.8, 4) is 5.75 Å². The molecule has 0 saturated carbocycles. The Morgan fingerprint density at radius 1 is 1.00 bits per heavy atom. The van der Waals surface area contributed by atoms with Gasteiger partial charge < -0.3 is 10.4 Å². The zero-order valence-corrected chi connectivity index (χ0v) is 13.2. The number of aromatic hydroxyl groups is 1. The molecule has 0 spiro atoms. The van der Waals surface area contributed by atoms with E-state index < -0.39 is 0 Å². The lowest BCUT2D eigenvalue weighted by Gasteiger charge is -2.11. The fourth-order valence-electron chi connectivity index (χ4n) is 1.49. The average molecular weight is 366 g/mol. The van der Waals surface area contributed by atoms with E-state index in [4.69, 9.17) is 17.3 Å². The molecule has 21 heavy (non-hydrogen) atoms. The number of hydrogen-bond donors (Lipinski definition) is 4. The summed E-state index contributed by atoms with van der Waals surface area (Å²) in [7, 11) is 0. The Morgan fingerprint density at radius 3 is 2.24 bits per heavy atom. The van der Waals surface area contributed by atoms with Crippen molar-refractivity contribution in [3.63, 3.8) is 0 Å². The van der Waals surface area contributed by atoms with Gasteiger partial charge in [0.2, 0.25) is 0 Å². The molecule has 0 bridgehead atoms. The Kier molecular flexibility index (Phi) is 5.13. The first-order valence-electron chi connectivity index (χ1n) is 5.96. The quantitative estimate of drug-likeness (QED) is 0.486. The van der Waals surface area contributed by atoms with Crippen molar-refractivity contribution >= 4 is 44.9 Å². The summed E-state index contributed by atoms with van der Waals surface area (Å²) in [5.41, 5.74) is 6.28. The molecule has 1 amide bonds. The third-order valence-electron chi connectivity index (χ3n) is 2.52. The van der Waals surface area contributed by atoms with Gasteiger partial charge in [0.05, 0.1) is 0 Å². The molecule has 2 aromatic carbocycles. The van der Waals surface area contributed by atoms with Gasteiger partial charge in [0, 0.05) is 15.7 Å². The third kappa shape index (κ3) is 4.73. The van der Waals surface area contributed by atoms with Crippen LogP contribution in [0.1, 0.15) is 10.4 Å². The van der Waals surface area contributed by atoms with Gasteiger partial charge in [-0.1, -0.05) is 15.9 Å². The van der Waals surface area contributed by atoms with Crippen molar-refractivity contribution in [2.24, 2.45) is 0 Å². The van der Waals surface area contributed by atoms with Crippen LogP contribution in [-0.4, -0.2) is 16.1 Å². The number of hydrazine groups is 1. The maximum atomic E-state index is 11.8. The average Bonchev–Trinajstić information content (AvgIpc) is 2.48. The fourth-order valence-corrected chi connectivity index (χ4v) is 1.93. The Bertz CT molecular complexity index is 644. The van der Waals surface area contributed by atoms with Gasteiger partial charge >= 0.3 is 0 Å². The minimum Gasteiger partial charge on any atom is -0.508 e. The number of benzene rings is 2. The highest BCUT2D eigenvalue weighted by molar-refractivity contribution is 9.10. The number of nitrogens with one attached hydrogen (secondary N) is 3. The normalized spacial score (nSPS) is 9.76. The van der Waals surface area contributed by atoms with Gasteiger partial charge in [-0.05, 0) is 60.7 Å². The zero-order valence-electron chi connectivity index (χ0n) is 10.8. The maximum Gasteiger partial charge on any atom is 0.269 e. The maximum absolute atomic E-state index is 11.8. The summed E-state index contributed by atoms with van der Waals surface area (Å²) in [5.74, 6) is -0.248. The van der Waals surface area contributed by atoms with Crippen molar-refractivity contribution in [1.82, 2.24) is 10.9 Å². The molecule has 0 aromatic heterocycles. The number of phenolic OH excluding ortho intramolecular Hbond substituents is 1. The Morgan fingerprint density at radius 2 is 1.62 bits per heavy atom. The van der Waals surface area contributed by atoms with E-state index in [1.54, 1.807) is 0 Å². The largest absolute Gasteiger partial charge is 0.508 e. The molecular formula is C14H12BrN3O2S. The third-order valence-corrected chi connectivity index (χ3v) is 3.25. The van der Waals surface area contributed by atoms with Gasteiger partial charge in [0.1, 0.15) is 5.75 Å².